The zero-order valence-electron chi connectivity index (χ0n) is 10.0. The van der Waals surface area contributed by atoms with Gasteiger partial charge in [0.05, 0.1) is 17.7 Å². The van der Waals surface area contributed by atoms with Crippen molar-refractivity contribution < 1.29 is 13.9 Å². The topological polar surface area (TPSA) is 41.6 Å². The SMILES string of the molecule is Cc1cc(F)c(Br)cc1NC(=O)N1CCOCC1. The van der Waals surface area contributed by atoms with E-state index >= 15 is 0 Å². The molecule has 0 aliphatic carbocycles. The number of anilines is 1. The summed E-state index contributed by atoms with van der Waals surface area (Å²) in [5.74, 6) is -0.336. The molecule has 1 aliphatic rings. The Balaban J connectivity index is 2.08. The number of benzene rings is 1. The molecule has 1 aromatic rings. The first kappa shape index (κ1) is 13.3. The van der Waals surface area contributed by atoms with E-state index in [-0.39, 0.29) is 11.8 Å². The highest BCUT2D eigenvalue weighted by Crippen LogP contribution is 2.24. The Labute approximate surface area is 113 Å². The van der Waals surface area contributed by atoms with Gasteiger partial charge in [-0.2, -0.15) is 0 Å². The fourth-order valence-electron chi connectivity index (χ4n) is 1.74. The van der Waals surface area contributed by atoms with Crippen LogP contribution in [0.4, 0.5) is 14.9 Å². The number of urea groups is 1. The maximum atomic E-state index is 13.3. The average molecular weight is 317 g/mol. The van der Waals surface area contributed by atoms with Crippen molar-refractivity contribution in [1.82, 2.24) is 4.90 Å². The minimum absolute atomic E-state index is 0.181. The van der Waals surface area contributed by atoms with E-state index in [1.165, 1.54) is 6.07 Å². The number of carbonyl (C=O) groups excluding carboxylic acids is 1. The highest BCUT2D eigenvalue weighted by atomic mass is 79.9. The van der Waals surface area contributed by atoms with Gasteiger partial charge in [-0.1, -0.05) is 0 Å². The first-order chi connectivity index (χ1) is 8.58. The Morgan fingerprint density at radius 3 is 2.78 bits per heavy atom. The molecule has 0 radical (unpaired) electrons. The number of morpholine rings is 1. The van der Waals surface area contributed by atoms with Crippen LogP contribution in [0.15, 0.2) is 16.6 Å². The fourth-order valence-corrected chi connectivity index (χ4v) is 2.09. The van der Waals surface area contributed by atoms with Gasteiger partial charge in [0.1, 0.15) is 5.82 Å². The third-order valence-corrected chi connectivity index (χ3v) is 3.41. The molecule has 2 rings (SSSR count). The molecule has 98 valence electrons. The van der Waals surface area contributed by atoms with Gasteiger partial charge < -0.3 is 15.0 Å². The first-order valence-corrected chi connectivity index (χ1v) is 6.46. The highest BCUT2D eigenvalue weighted by molar-refractivity contribution is 9.10. The second-order valence-electron chi connectivity index (χ2n) is 4.11. The smallest absolute Gasteiger partial charge is 0.322 e. The number of nitrogens with zero attached hydrogens (tertiary/aromatic N) is 1. The van der Waals surface area contributed by atoms with Crippen LogP contribution in [-0.2, 0) is 4.74 Å². The summed E-state index contributed by atoms with van der Waals surface area (Å²) in [6, 6.07) is 2.78. The van der Waals surface area contributed by atoms with Gasteiger partial charge in [0.25, 0.3) is 0 Å². The van der Waals surface area contributed by atoms with E-state index in [0.717, 1.165) is 0 Å². The third-order valence-electron chi connectivity index (χ3n) is 2.81. The first-order valence-electron chi connectivity index (χ1n) is 5.67. The van der Waals surface area contributed by atoms with Crippen molar-refractivity contribution in [2.75, 3.05) is 31.6 Å². The van der Waals surface area contributed by atoms with E-state index in [9.17, 15) is 9.18 Å². The lowest BCUT2D eigenvalue weighted by Gasteiger charge is -2.27. The number of carbonyl (C=O) groups is 1. The molecule has 1 fully saturated rings. The second-order valence-corrected chi connectivity index (χ2v) is 4.97. The van der Waals surface area contributed by atoms with Gasteiger partial charge in [0.15, 0.2) is 0 Å². The van der Waals surface area contributed by atoms with Gasteiger partial charge in [-0.25, -0.2) is 9.18 Å². The van der Waals surface area contributed by atoms with E-state index in [1.807, 2.05) is 0 Å². The lowest BCUT2D eigenvalue weighted by atomic mass is 10.2. The van der Waals surface area contributed by atoms with Crippen molar-refractivity contribution in [2.45, 2.75) is 6.92 Å². The highest BCUT2D eigenvalue weighted by Gasteiger charge is 2.17. The summed E-state index contributed by atoms with van der Waals surface area (Å²) < 4.78 is 18.8. The maximum absolute atomic E-state index is 13.3. The van der Waals surface area contributed by atoms with Gasteiger partial charge in [0.2, 0.25) is 0 Å². The van der Waals surface area contributed by atoms with Crippen LogP contribution in [0, 0.1) is 12.7 Å². The van der Waals surface area contributed by atoms with E-state index in [2.05, 4.69) is 21.2 Å². The van der Waals surface area contributed by atoms with Crippen molar-refractivity contribution in [3.63, 3.8) is 0 Å². The molecule has 1 N–H and O–H groups in total. The minimum Gasteiger partial charge on any atom is -0.378 e. The molecule has 1 saturated heterocycles. The number of rotatable bonds is 1. The molecule has 0 saturated carbocycles. The van der Waals surface area contributed by atoms with E-state index < -0.39 is 0 Å². The zero-order chi connectivity index (χ0) is 13.1. The third kappa shape index (κ3) is 3.00. The summed E-state index contributed by atoms with van der Waals surface area (Å²) in [4.78, 5) is 13.6. The Hall–Kier alpha value is -1.14. The fraction of sp³-hybridized carbons (Fsp3) is 0.417. The molecule has 0 spiro atoms. The maximum Gasteiger partial charge on any atom is 0.322 e. The van der Waals surface area contributed by atoms with Crippen molar-refractivity contribution >= 4 is 27.6 Å². The van der Waals surface area contributed by atoms with Crippen LogP contribution in [0.3, 0.4) is 0 Å². The predicted octanol–water partition coefficient (Wildman–Crippen LogP) is 2.76. The number of hydrogen-bond acceptors (Lipinski definition) is 2. The summed E-state index contributed by atoms with van der Waals surface area (Å²) in [5, 5.41) is 2.78. The molecule has 0 atom stereocenters. The Bertz CT molecular complexity index is 462. The quantitative estimate of drug-likeness (QED) is 0.865. The molecule has 4 nitrogen and oxygen atoms in total. The number of amides is 2. The Morgan fingerprint density at radius 1 is 1.44 bits per heavy atom. The summed E-state index contributed by atoms with van der Waals surface area (Å²) >= 11 is 3.11. The van der Waals surface area contributed by atoms with Gasteiger partial charge in [-0.15, -0.1) is 0 Å². The molecular weight excluding hydrogens is 303 g/mol. The number of hydrogen-bond donors (Lipinski definition) is 1. The molecule has 1 aliphatic heterocycles. The molecule has 18 heavy (non-hydrogen) atoms. The molecule has 0 bridgehead atoms. The zero-order valence-corrected chi connectivity index (χ0v) is 11.6. The number of aryl methyl sites for hydroxylation is 1. The molecular formula is C12H14BrFN2O2. The van der Waals surface area contributed by atoms with Gasteiger partial charge in [-0.05, 0) is 40.5 Å². The number of nitrogens with one attached hydrogen (secondary N) is 1. The number of halogens is 2. The monoisotopic (exact) mass is 316 g/mol. The van der Waals surface area contributed by atoms with Crippen molar-refractivity contribution in [3.05, 3.63) is 28.0 Å². The van der Waals surface area contributed by atoms with E-state index in [1.54, 1.807) is 17.9 Å². The lowest BCUT2D eigenvalue weighted by Crippen LogP contribution is -2.43. The molecule has 1 aromatic carbocycles. The normalized spacial score (nSPS) is 15.6. The molecule has 1 heterocycles. The Kier molecular flexibility index (Phi) is 4.19. The molecule has 6 heteroatoms. The van der Waals surface area contributed by atoms with Crippen molar-refractivity contribution in [3.8, 4) is 0 Å². The van der Waals surface area contributed by atoms with Crippen LogP contribution in [0.2, 0.25) is 0 Å². The summed E-state index contributed by atoms with van der Waals surface area (Å²) in [7, 11) is 0. The summed E-state index contributed by atoms with van der Waals surface area (Å²) in [5.41, 5.74) is 1.30. The second kappa shape index (κ2) is 5.67. The summed E-state index contributed by atoms with van der Waals surface area (Å²) in [6.07, 6.45) is 0. The van der Waals surface area contributed by atoms with Gasteiger partial charge in [-0.3, -0.25) is 0 Å². The van der Waals surface area contributed by atoms with Crippen molar-refractivity contribution in [1.29, 1.82) is 0 Å². The van der Waals surface area contributed by atoms with Crippen LogP contribution >= 0.6 is 15.9 Å². The average Bonchev–Trinajstić information content (AvgIpc) is 2.37. The molecule has 0 unspecified atom stereocenters. The summed E-state index contributed by atoms with van der Waals surface area (Å²) in [6.45, 7) is 4.02. The molecule has 0 aromatic heterocycles. The predicted molar refractivity (Wildman–Crippen MR) is 70.2 cm³/mol. The van der Waals surface area contributed by atoms with Crippen LogP contribution in [0.25, 0.3) is 0 Å². The van der Waals surface area contributed by atoms with E-state index in [4.69, 9.17) is 4.74 Å². The van der Waals surface area contributed by atoms with Gasteiger partial charge in [0, 0.05) is 18.8 Å². The standard InChI is InChI=1S/C12H14BrFN2O2/c1-8-6-10(14)9(13)7-11(8)15-12(17)16-2-4-18-5-3-16/h6-7H,2-5H2,1H3,(H,15,17). The molecule has 2 amide bonds. The van der Waals surface area contributed by atoms with Crippen LogP contribution < -0.4 is 5.32 Å². The van der Waals surface area contributed by atoms with Crippen LogP contribution in [0.5, 0.6) is 0 Å². The largest absolute Gasteiger partial charge is 0.378 e. The van der Waals surface area contributed by atoms with Crippen molar-refractivity contribution in [2.24, 2.45) is 0 Å². The lowest BCUT2D eigenvalue weighted by molar-refractivity contribution is 0.0564. The van der Waals surface area contributed by atoms with Crippen LogP contribution in [0.1, 0.15) is 5.56 Å². The van der Waals surface area contributed by atoms with Gasteiger partial charge >= 0.3 is 6.03 Å². The Morgan fingerprint density at radius 2 is 2.11 bits per heavy atom. The number of ether oxygens (including phenoxy) is 1. The van der Waals surface area contributed by atoms with E-state index in [0.29, 0.717) is 42.0 Å². The minimum atomic E-state index is -0.336. The van der Waals surface area contributed by atoms with Crippen LogP contribution in [-0.4, -0.2) is 37.2 Å².